The summed E-state index contributed by atoms with van der Waals surface area (Å²) in [5.41, 5.74) is 0.618. The van der Waals surface area contributed by atoms with Crippen LogP contribution in [0.4, 0.5) is 18.9 Å². The molecule has 90 valence electrons. The molecule has 0 amide bonds. The number of halogens is 6. The molecule has 0 saturated carbocycles. The molecule has 0 atom stereocenters. The van der Waals surface area contributed by atoms with Crippen molar-refractivity contribution in [1.29, 1.82) is 0 Å². The number of benzene rings is 1. The average molecular weight is 426 g/mol. The maximum Gasteiger partial charge on any atom is 0.390 e. The molecule has 0 aromatic heterocycles. The quantitative estimate of drug-likeness (QED) is 0.689. The third kappa shape index (κ3) is 4.63. The van der Waals surface area contributed by atoms with E-state index >= 15 is 0 Å². The number of hydrogen-bond acceptors (Lipinski definition) is 1. The molecule has 0 heterocycles. The predicted octanol–water partition coefficient (Wildman–Crippen LogP) is 5.34. The van der Waals surface area contributed by atoms with Crippen LogP contribution in [-0.2, 0) is 0 Å². The topological polar surface area (TPSA) is 12.0 Å². The molecule has 7 heteroatoms. The molecule has 0 aliphatic rings. The lowest BCUT2D eigenvalue weighted by molar-refractivity contribution is -0.131. The molecule has 0 fully saturated rings. The van der Waals surface area contributed by atoms with Crippen LogP contribution in [0, 0.1) is 0 Å². The lowest BCUT2D eigenvalue weighted by atomic mass is 10.3. The minimum Gasteiger partial charge on any atom is -0.383 e. The normalized spacial score (nSPS) is 11.6. The van der Waals surface area contributed by atoms with Crippen molar-refractivity contribution in [2.24, 2.45) is 0 Å². The number of nitrogens with one attached hydrogen (secondary N) is 1. The molecule has 1 aromatic carbocycles. The summed E-state index contributed by atoms with van der Waals surface area (Å²) >= 11 is 9.83. The van der Waals surface area contributed by atoms with Gasteiger partial charge >= 0.3 is 6.18 Å². The van der Waals surface area contributed by atoms with Gasteiger partial charge in [-0.15, -0.1) is 0 Å². The highest BCUT2D eigenvalue weighted by Gasteiger charge is 2.26. The Morgan fingerprint density at radius 1 is 1.06 bits per heavy atom. The van der Waals surface area contributed by atoms with Gasteiger partial charge in [-0.3, -0.25) is 0 Å². The van der Waals surface area contributed by atoms with E-state index < -0.39 is 12.6 Å². The highest BCUT2D eigenvalue weighted by atomic mass is 79.9. The Kier molecular flexibility index (Phi) is 5.12. The van der Waals surface area contributed by atoms with Crippen molar-refractivity contribution < 1.29 is 13.2 Å². The molecule has 0 saturated heterocycles. The van der Waals surface area contributed by atoms with E-state index in [0.717, 1.165) is 4.47 Å². The minimum absolute atomic E-state index is 0.150. The fraction of sp³-hybridized carbons (Fsp3) is 0.333. The lowest BCUT2D eigenvalue weighted by Crippen LogP contribution is -2.15. The Hall–Kier alpha value is 0.250. The van der Waals surface area contributed by atoms with Gasteiger partial charge < -0.3 is 5.32 Å². The van der Waals surface area contributed by atoms with Crippen LogP contribution in [0.3, 0.4) is 0 Å². The highest BCUT2D eigenvalue weighted by molar-refractivity contribution is 9.11. The molecular weight excluding hydrogens is 419 g/mol. The zero-order valence-corrected chi connectivity index (χ0v) is 12.6. The number of anilines is 1. The van der Waals surface area contributed by atoms with Gasteiger partial charge in [-0.1, -0.05) is 15.9 Å². The Bertz CT molecular complexity index is 356. The van der Waals surface area contributed by atoms with Crippen LogP contribution < -0.4 is 5.32 Å². The monoisotopic (exact) mass is 423 g/mol. The van der Waals surface area contributed by atoms with Gasteiger partial charge in [-0.05, 0) is 44.0 Å². The van der Waals surface area contributed by atoms with E-state index in [2.05, 4.69) is 53.1 Å². The summed E-state index contributed by atoms with van der Waals surface area (Å²) in [7, 11) is 0. The van der Waals surface area contributed by atoms with Gasteiger partial charge in [-0.2, -0.15) is 13.2 Å². The predicted molar refractivity (Wildman–Crippen MR) is 68.7 cm³/mol. The Morgan fingerprint density at radius 3 is 2.00 bits per heavy atom. The summed E-state index contributed by atoms with van der Waals surface area (Å²) < 4.78 is 38.1. The number of rotatable bonds is 3. The van der Waals surface area contributed by atoms with Gasteiger partial charge in [0.15, 0.2) is 0 Å². The maximum absolute atomic E-state index is 12.0. The number of hydrogen-bond donors (Lipinski definition) is 1. The summed E-state index contributed by atoms with van der Waals surface area (Å²) in [6.07, 6.45) is -5.00. The summed E-state index contributed by atoms with van der Waals surface area (Å²) in [5, 5.41) is 2.73. The van der Waals surface area contributed by atoms with E-state index in [1.807, 2.05) is 0 Å². The van der Waals surface area contributed by atoms with Gasteiger partial charge in [0.2, 0.25) is 0 Å². The van der Waals surface area contributed by atoms with Crippen molar-refractivity contribution >= 4 is 53.5 Å². The Balaban J connectivity index is 2.68. The molecule has 1 nitrogen and oxygen atoms in total. The first-order chi connectivity index (χ1) is 7.29. The molecule has 1 aromatic rings. The lowest BCUT2D eigenvalue weighted by Gasteiger charge is -2.12. The first-order valence-corrected chi connectivity index (χ1v) is 6.62. The van der Waals surface area contributed by atoms with Gasteiger partial charge in [0.1, 0.15) is 0 Å². The highest BCUT2D eigenvalue weighted by Crippen LogP contribution is 2.34. The van der Waals surface area contributed by atoms with Crippen molar-refractivity contribution in [3.63, 3.8) is 0 Å². The van der Waals surface area contributed by atoms with Crippen LogP contribution >= 0.6 is 47.8 Å². The Morgan fingerprint density at radius 2 is 1.56 bits per heavy atom. The van der Waals surface area contributed by atoms with Crippen LogP contribution in [0.5, 0.6) is 0 Å². The molecule has 0 unspecified atom stereocenters. The smallest absolute Gasteiger partial charge is 0.383 e. The zero-order valence-electron chi connectivity index (χ0n) is 7.84. The van der Waals surface area contributed by atoms with Crippen LogP contribution in [0.25, 0.3) is 0 Å². The van der Waals surface area contributed by atoms with Crippen LogP contribution in [0.1, 0.15) is 6.42 Å². The van der Waals surface area contributed by atoms with E-state index in [4.69, 9.17) is 0 Å². The Labute approximate surface area is 116 Å². The molecule has 0 aliphatic carbocycles. The van der Waals surface area contributed by atoms with Gasteiger partial charge in [0.25, 0.3) is 0 Å². The van der Waals surface area contributed by atoms with E-state index in [-0.39, 0.29) is 6.54 Å². The van der Waals surface area contributed by atoms with Crippen LogP contribution in [0.15, 0.2) is 25.6 Å². The molecule has 16 heavy (non-hydrogen) atoms. The molecular formula is C9H7Br3F3N. The summed E-state index contributed by atoms with van der Waals surface area (Å²) in [6, 6.07) is 3.53. The molecule has 0 radical (unpaired) electrons. The minimum atomic E-state index is -4.14. The second-order valence-electron chi connectivity index (χ2n) is 3.04. The van der Waals surface area contributed by atoms with E-state index in [0.29, 0.717) is 14.6 Å². The first-order valence-electron chi connectivity index (χ1n) is 4.25. The third-order valence-corrected chi connectivity index (χ3v) is 3.43. The second kappa shape index (κ2) is 5.73. The largest absolute Gasteiger partial charge is 0.390 e. The fourth-order valence-electron chi connectivity index (χ4n) is 1.04. The maximum atomic E-state index is 12.0. The molecule has 1 rings (SSSR count). The van der Waals surface area contributed by atoms with Crippen molar-refractivity contribution in [1.82, 2.24) is 0 Å². The van der Waals surface area contributed by atoms with Crippen LogP contribution in [0.2, 0.25) is 0 Å². The van der Waals surface area contributed by atoms with Crippen molar-refractivity contribution in [2.45, 2.75) is 12.6 Å². The molecule has 0 aliphatic heterocycles. The third-order valence-electron chi connectivity index (χ3n) is 1.72. The SMILES string of the molecule is FC(F)(F)CCNc1c(Br)cc(Br)cc1Br. The summed E-state index contributed by atoms with van der Waals surface area (Å²) in [4.78, 5) is 0. The van der Waals surface area contributed by atoms with Crippen molar-refractivity contribution in [3.8, 4) is 0 Å². The fourth-order valence-corrected chi connectivity index (χ4v) is 3.58. The summed E-state index contributed by atoms with van der Waals surface area (Å²) in [6.45, 7) is -0.150. The van der Waals surface area contributed by atoms with Gasteiger partial charge in [0.05, 0.1) is 12.1 Å². The molecule has 0 bridgehead atoms. The molecule has 0 spiro atoms. The number of alkyl halides is 3. The first kappa shape index (κ1) is 14.3. The van der Waals surface area contributed by atoms with Crippen LogP contribution in [-0.4, -0.2) is 12.7 Å². The van der Waals surface area contributed by atoms with Gasteiger partial charge in [0, 0.05) is 20.0 Å². The van der Waals surface area contributed by atoms with Gasteiger partial charge in [-0.25, -0.2) is 0 Å². The second-order valence-corrected chi connectivity index (χ2v) is 5.66. The average Bonchev–Trinajstić information content (AvgIpc) is 2.07. The zero-order chi connectivity index (χ0) is 12.3. The van der Waals surface area contributed by atoms with Crippen molar-refractivity contribution in [3.05, 3.63) is 25.6 Å². The molecule has 1 N–H and O–H groups in total. The van der Waals surface area contributed by atoms with Crippen molar-refractivity contribution in [2.75, 3.05) is 11.9 Å². The van der Waals surface area contributed by atoms with E-state index in [9.17, 15) is 13.2 Å². The summed E-state index contributed by atoms with van der Waals surface area (Å²) in [5.74, 6) is 0. The standard InChI is InChI=1S/C9H7Br3F3N/c10-5-3-6(11)8(7(12)4-5)16-2-1-9(13,14)15/h3-4,16H,1-2H2. The van der Waals surface area contributed by atoms with E-state index in [1.165, 1.54) is 0 Å². The van der Waals surface area contributed by atoms with E-state index in [1.54, 1.807) is 12.1 Å².